The summed E-state index contributed by atoms with van der Waals surface area (Å²) in [5.41, 5.74) is 0. The van der Waals surface area contributed by atoms with Gasteiger partial charge in [-0.15, -0.1) is 0 Å². The number of allylic oxidation sites excluding steroid dienone is 4. The average Bonchev–Trinajstić information content (AvgIpc) is 2.20. The van der Waals surface area contributed by atoms with Crippen molar-refractivity contribution in [3.05, 3.63) is 24.3 Å². The number of carbonyl (C=O) groups excluding carboxylic acids is 1. The maximum atomic E-state index is 11.4. The molecule has 2 atom stereocenters. The lowest BCUT2D eigenvalue weighted by Gasteiger charge is -2.21. The van der Waals surface area contributed by atoms with Crippen LogP contribution >= 0.6 is 0 Å². The molecule has 0 saturated heterocycles. The summed E-state index contributed by atoms with van der Waals surface area (Å²) < 4.78 is 4.76. The first-order chi connectivity index (χ1) is 6.29. The van der Waals surface area contributed by atoms with Crippen LogP contribution in [0.2, 0.25) is 0 Å². The maximum absolute atomic E-state index is 11.4. The molecule has 0 amide bonds. The Kier molecular flexibility index (Phi) is 3.74. The highest BCUT2D eigenvalue weighted by Gasteiger charge is 2.25. The predicted octanol–water partition coefficient (Wildman–Crippen LogP) is 2.32. The van der Waals surface area contributed by atoms with Gasteiger partial charge in [-0.3, -0.25) is 4.79 Å². The molecule has 0 saturated carbocycles. The van der Waals surface area contributed by atoms with E-state index in [2.05, 4.69) is 12.2 Å². The van der Waals surface area contributed by atoms with Crippen molar-refractivity contribution in [1.82, 2.24) is 0 Å². The highest BCUT2D eigenvalue weighted by atomic mass is 16.5. The van der Waals surface area contributed by atoms with Crippen LogP contribution in [0.15, 0.2) is 24.3 Å². The van der Waals surface area contributed by atoms with Crippen molar-refractivity contribution in [2.75, 3.05) is 7.11 Å². The Morgan fingerprint density at radius 2 is 2.38 bits per heavy atom. The van der Waals surface area contributed by atoms with Gasteiger partial charge < -0.3 is 4.74 Å². The Hall–Kier alpha value is -1.05. The summed E-state index contributed by atoms with van der Waals surface area (Å²) >= 11 is 0. The van der Waals surface area contributed by atoms with E-state index in [1.54, 1.807) is 0 Å². The minimum atomic E-state index is -0.0903. The summed E-state index contributed by atoms with van der Waals surface area (Å²) in [4.78, 5) is 11.4. The monoisotopic (exact) mass is 180 g/mol. The van der Waals surface area contributed by atoms with E-state index in [-0.39, 0.29) is 11.9 Å². The van der Waals surface area contributed by atoms with Gasteiger partial charge in [0.25, 0.3) is 0 Å². The first kappa shape index (κ1) is 10.0. The number of hydrogen-bond donors (Lipinski definition) is 0. The van der Waals surface area contributed by atoms with Gasteiger partial charge in [-0.05, 0) is 18.8 Å². The summed E-state index contributed by atoms with van der Waals surface area (Å²) in [7, 11) is 1.45. The largest absolute Gasteiger partial charge is 0.469 e. The van der Waals surface area contributed by atoms with E-state index in [0.29, 0.717) is 5.92 Å². The second kappa shape index (κ2) is 4.85. The standard InChI is InChI=1S/C11H16O2/c1-3-10(11(12)13-2)9-7-5-4-6-8-9/h4-7,9-10H,3,8H2,1-2H3. The molecule has 72 valence electrons. The van der Waals surface area contributed by atoms with Crippen LogP contribution in [0.3, 0.4) is 0 Å². The van der Waals surface area contributed by atoms with Crippen molar-refractivity contribution >= 4 is 5.97 Å². The van der Waals surface area contributed by atoms with Gasteiger partial charge in [0.15, 0.2) is 0 Å². The van der Waals surface area contributed by atoms with Crippen LogP contribution in [0, 0.1) is 11.8 Å². The first-order valence-corrected chi connectivity index (χ1v) is 4.70. The third-order valence-corrected chi connectivity index (χ3v) is 2.47. The molecule has 2 nitrogen and oxygen atoms in total. The van der Waals surface area contributed by atoms with Crippen LogP contribution in [0.4, 0.5) is 0 Å². The van der Waals surface area contributed by atoms with Crippen LogP contribution in [-0.4, -0.2) is 13.1 Å². The predicted molar refractivity (Wildman–Crippen MR) is 52.2 cm³/mol. The number of carbonyl (C=O) groups is 1. The Morgan fingerprint density at radius 3 is 2.85 bits per heavy atom. The van der Waals surface area contributed by atoms with Gasteiger partial charge in [0.1, 0.15) is 0 Å². The topological polar surface area (TPSA) is 26.3 Å². The maximum Gasteiger partial charge on any atom is 0.309 e. The average molecular weight is 180 g/mol. The highest BCUT2D eigenvalue weighted by Crippen LogP contribution is 2.24. The molecule has 0 bridgehead atoms. The number of ether oxygens (including phenoxy) is 1. The second-order valence-corrected chi connectivity index (χ2v) is 3.25. The van der Waals surface area contributed by atoms with E-state index in [9.17, 15) is 4.79 Å². The van der Waals surface area contributed by atoms with Gasteiger partial charge in [0.05, 0.1) is 13.0 Å². The molecule has 2 unspecified atom stereocenters. The van der Waals surface area contributed by atoms with Crippen LogP contribution in [0.25, 0.3) is 0 Å². The van der Waals surface area contributed by atoms with Crippen molar-refractivity contribution in [2.24, 2.45) is 11.8 Å². The number of esters is 1. The molecule has 13 heavy (non-hydrogen) atoms. The molecule has 0 spiro atoms. The van der Waals surface area contributed by atoms with Gasteiger partial charge in [-0.2, -0.15) is 0 Å². The SMILES string of the molecule is CCC(C(=O)OC)C1C=CC=CC1. The van der Waals surface area contributed by atoms with Crippen LogP contribution in [0.5, 0.6) is 0 Å². The van der Waals surface area contributed by atoms with Crippen LogP contribution in [0.1, 0.15) is 19.8 Å². The van der Waals surface area contributed by atoms with Crippen LogP contribution < -0.4 is 0 Å². The van der Waals surface area contributed by atoms with Gasteiger partial charge in [-0.1, -0.05) is 31.2 Å². The van der Waals surface area contributed by atoms with E-state index in [0.717, 1.165) is 12.8 Å². The lowest BCUT2D eigenvalue weighted by Crippen LogP contribution is -2.23. The molecule has 1 aliphatic rings. The fraction of sp³-hybridized carbons (Fsp3) is 0.545. The number of methoxy groups -OCH3 is 1. The lowest BCUT2D eigenvalue weighted by atomic mass is 9.85. The van der Waals surface area contributed by atoms with Gasteiger partial charge in [-0.25, -0.2) is 0 Å². The fourth-order valence-electron chi connectivity index (χ4n) is 1.69. The normalized spacial score (nSPS) is 22.8. The van der Waals surface area contributed by atoms with Crippen molar-refractivity contribution in [3.8, 4) is 0 Å². The summed E-state index contributed by atoms with van der Waals surface area (Å²) in [5, 5.41) is 0. The molecule has 2 heteroatoms. The Balaban J connectivity index is 2.61. The third kappa shape index (κ3) is 2.44. The number of hydrogen-bond acceptors (Lipinski definition) is 2. The van der Waals surface area contributed by atoms with Crippen molar-refractivity contribution in [3.63, 3.8) is 0 Å². The number of rotatable bonds is 3. The van der Waals surface area contributed by atoms with E-state index >= 15 is 0 Å². The van der Waals surface area contributed by atoms with E-state index in [1.807, 2.05) is 19.1 Å². The summed E-state index contributed by atoms with van der Waals surface area (Å²) in [6.45, 7) is 2.02. The Morgan fingerprint density at radius 1 is 1.62 bits per heavy atom. The van der Waals surface area contributed by atoms with E-state index in [1.165, 1.54) is 7.11 Å². The van der Waals surface area contributed by atoms with Gasteiger partial charge >= 0.3 is 5.97 Å². The zero-order valence-corrected chi connectivity index (χ0v) is 8.19. The minimum Gasteiger partial charge on any atom is -0.469 e. The molecular weight excluding hydrogens is 164 g/mol. The highest BCUT2D eigenvalue weighted by molar-refractivity contribution is 5.73. The molecule has 0 radical (unpaired) electrons. The van der Waals surface area contributed by atoms with Gasteiger partial charge in [0, 0.05) is 0 Å². The summed E-state index contributed by atoms with van der Waals surface area (Å²) in [6.07, 6.45) is 9.99. The molecule has 1 rings (SSSR count). The van der Waals surface area contributed by atoms with Crippen molar-refractivity contribution in [1.29, 1.82) is 0 Å². The zero-order chi connectivity index (χ0) is 9.68. The van der Waals surface area contributed by atoms with E-state index in [4.69, 9.17) is 4.74 Å². The molecular formula is C11H16O2. The summed E-state index contributed by atoms with van der Waals surface area (Å²) in [6, 6.07) is 0. The van der Waals surface area contributed by atoms with Crippen LogP contribution in [-0.2, 0) is 9.53 Å². The molecule has 0 aromatic carbocycles. The first-order valence-electron chi connectivity index (χ1n) is 4.70. The molecule has 0 aromatic rings. The molecule has 0 aliphatic heterocycles. The molecule has 0 fully saturated rings. The smallest absolute Gasteiger partial charge is 0.309 e. The molecule has 0 aromatic heterocycles. The minimum absolute atomic E-state index is 0.0196. The van der Waals surface area contributed by atoms with Crippen molar-refractivity contribution in [2.45, 2.75) is 19.8 Å². The molecule has 0 heterocycles. The van der Waals surface area contributed by atoms with Crippen molar-refractivity contribution < 1.29 is 9.53 Å². The quantitative estimate of drug-likeness (QED) is 0.623. The fourth-order valence-corrected chi connectivity index (χ4v) is 1.69. The molecule has 0 N–H and O–H groups in total. The Labute approximate surface area is 79.3 Å². The Bertz CT molecular complexity index is 228. The second-order valence-electron chi connectivity index (χ2n) is 3.25. The third-order valence-electron chi connectivity index (χ3n) is 2.47. The van der Waals surface area contributed by atoms with E-state index < -0.39 is 0 Å². The van der Waals surface area contributed by atoms with Gasteiger partial charge in [0.2, 0.25) is 0 Å². The lowest BCUT2D eigenvalue weighted by molar-refractivity contribution is -0.146. The molecule has 1 aliphatic carbocycles. The zero-order valence-electron chi connectivity index (χ0n) is 8.19. The summed E-state index contributed by atoms with van der Waals surface area (Å²) in [5.74, 6) is 0.251.